The molecule has 0 spiro atoms. The Morgan fingerprint density at radius 2 is 2.26 bits per heavy atom. The van der Waals surface area contributed by atoms with Crippen LogP contribution < -0.4 is 0 Å². The number of halogens is 3. The van der Waals surface area contributed by atoms with Crippen LogP contribution in [0.5, 0.6) is 0 Å². The normalized spacial score (nSPS) is 11.3. The van der Waals surface area contributed by atoms with Crippen molar-refractivity contribution in [3.05, 3.63) is 23.9 Å². The highest BCUT2D eigenvalue weighted by atomic mass is 32.2. The van der Waals surface area contributed by atoms with E-state index in [4.69, 9.17) is 9.25 Å². The molecule has 0 saturated carbocycles. The number of hydrogen-bond acceptors (Lipinski definition) is 5. The van der Waals surface area contributed by atoms with Crippen molar-refractivity contribution in [2.75, 3.05) is 5.75 Å². The average molecular weight is 294 g/mol. The smallest absolute Gasteiger partial charge is 0.301 e. The Kier molecular flexibility index (Phi) is 6.48. The van der Waals surface area contributed by atoms with Crippen LogP contribution in [0.2, 0.25) is 0 Å². The summed E-state index contributed by atoms with van der Waals surface area (Å²) in [6.45, 7) is 3.65. The van der Waals surface area contributed by atoms with Crippen LogP contribution in [0.4, 0.5) is 13.2 Å². The van der Waals surface area contributed by atoms with Crippen molar-refractivity contribution in [3.8, 4) is 0 Å². The molecule has 0 aliphatic heterocycles. The molecule has 0 aromatic carbocycles. The van der Waals surface area contributed by atoms with Crippen molar-refractivity contribution in [1.82, 2.24) is 4.98 Å². The van der Waals surface area contributed by atoms with Gasteiger partial charge in [0.1, 0.15) is 12.3 Å². The molecule has 4 nitrogen and oxygen atoms in total. The van der Waals surface area contributed by atoms with Gasteiger partial charge in [-0.2, -0.15) is 8.78 Å². The first kappa shape index (κ1) is 15.6. The van der Waals surface area contributed by atoms with E-state index in [2.05, 4.69) is 10.1 Å². The second-order valence-corrected chi connectivity index (χ2v) is 4.73. The number of allylic oxidation sites excluding steroid dienone is 1. The van der Waals surface area contributed by atoms with E-state index in [0.29, 0.717) is 5.76 Å². The van der Waals surface area contributed by atoms with Crippen molar-refractivity contribution in [1.29, 1.82) is 0 Å². The monoisotopic (exact) mass is 294 g/mol. The molecule has 1 heterocycles. The zero-order valence-electron chi connectivity index (χ0n) is 10.4. The number of oxime groups is 1. The molecule has 106 valence electrons. The fourth-order valence-corrected chi connectivity index (χ4v) is 1.66. The summed E-state index contributed by atoms with van der Waals surface area (Å²) in [6, 6.07) is 0. The maximum Gasteiger partial charge on any atom is 0.301 e. The van der Waals surface area contributed by atoms with Crippen LogP contribution in [0.1, 0.15) is 26.0 Å². The van der Waals surface area contributed by atoms with Crippen molar-refractivity contribution < 1.29 is 22.4 Å². The summed E-state index contributed by atoms with van der Waals surface area (Å²) in [4.78, 5) is 8.81. The molecule has 0 fully saturated rings. The van der Waals surface area contributed by atoms with E-state index in [1.165, 1.54) is 12.4 Å². The van der Waals surface area contributed by atoms with Crippen LogP contribution in [0.15, 0.2) is 32.9 Å². The van der Waals surface area contributed by atoms with Crippen LogP contribution in [0.25, 0.3) is 0 Å². The summed E-state index contributed by atoms with van der Waals surface area (Å²) >= 11 is 1.04. The lowest BCUT2D eigenvalue weighted by molar-refractivity contribution is 0.0871. The highest BCUT2D eigenvalue weighted by Gasteiger charge is 2.07. The number of hydrogen-bond donors (Lipinski definition) is 0. The minimum absolute atomic E-state index is 0.0432. The molecule has 0 unspecified atom stereocenters. The van der Waals surface area contributed by atoms with Gasteiger partial charge in [-0.25, -0.2) is 9.37 Å². The van der Waals surface area contributed by atoms with E-state index < -0.39 is 11.9 Å². The highest BCUT2D eigenvalue weighted by Crippen LogP contribution is 2.22. The van der Waals surface area contributed by atoms with Gasteiger partial charge in [0.2, 0.25) is 0 Å². The van der Waals surface area contributed by atoms with Gasteiger partial charge < -0.3 is 9.25 Å². The second kappa shape index (κ2) is 7.88. The first-order chi connectivity index (χ1) is 8.99. The summed E-state index contributed by atoms with van der Waals surface area (Å²) < 4.78 is 41.3. The summed E-state index contributed by atoms with van der Waals surface area (Å²) in [5, 5.41) is 3.91. The number of thioether (sulfide) groups is 1. The van der Waals surface area contributed by atoms with E-state index >= 15 is 0 Å². The van der Waals surface area contributed by atoms with Crippen LogP contribution in [-0.4, -0.2) is 23.1 Å². The van der Waals surface area contributed by atoms with E-state index in [-0.39, 0.29) is 23.5 Å². The molecule has 0 N–H and O–H groups in total. The van der Waals surface area contributed by atoms with E-state index in [1.54, 1.807) is 0 Å². The Morgan fingerprint density at radius 1 is 1.53 bits per heavy atom. The molecule has 0 radical (unpaired) electrons. The lowest BCUT2D eigenvalue weighted by Crippen LogP contribution is -1.95. The Hall–Kier alpha value is -1.44. The molecule has 0 atom stereocenters. The predicted molar refractivity (Wildman–Crippen MR) is 66.0 cm³/mol. The molecular formula is C11H13F3N2O2S. The quantitative estimate of drug-likeness (QED) is 0.433. The molecule has 8 heteroatoms. The number of oxazole rings is 1. The Bertz CT molecular complexity index is 457. The molecule has 1 rings (SSSR count). The molecular weight excluding hydrogens is 281 g/mol. The van der Waals surface area contributed by atoms with Crippen molar-refractivity contribution in [3.63, 3.8) is 0 Å². The summed E-state index contributed by atoms with van der Waals surface area (Å²) in [7, 11) is 0. The van der Waals surface area contributed by atoms with Gasteiger partial charge in [0.05, 0.1) is 6.20 Å². The molecule has 1 aromatic heterocycles. The van der Waals surface area contributed by atoms with Crippen molar-refractivity contribution in [2.24, 2.45) is 5.16 Å². The SMILES string of the molecule is CC(C)O/N=C\c1cnc(SCCC(F)=C(F)F)o1. The van der Waals surface area contributed by atoms with Gasteiger partial charge in [-0.1, -0.05) is 16.9 Å². The van der Waals surface area contributed by atoms with Gasteiger partial charge in [0.15, 0.2) is 11.6 Å². The fraction of sp³-hybridized carbons (Fsp3) is 0.455. The maximum absolute atomic E-state index is 12.5. The molecule has 1 aromatic rings. The minimum Gasteiger partial charge on any atom is -0.430 e. The highest BCUT2D eigenvalue weighted by molar-refractivity contribution is 7.99. The molecule has 0 saturated heterocycles. The first-order valence-corrected chi connectivity index (χ1v) is 6.45. The maximum atomic E-state index is 12.5. The van der Waals surface area contributed by atoms with E-state index in [1.807, 2.05) is 13.8 Å². The topological polar surface area (TPSA) is 47.6 Å². The summed E-state index contributed by atoms with van der Waals surface area (Å²) in [5.74, 6) is -0.926. The third kappa shape index (κ3) is 6.32. The molecule has 0 aliphatic rings. The average Bonchev–Trinajstić information content (AvgIpc) is 2.76. The molecule has 19 heavy (non-hydrogen) atoms. The molecule has 0 aliphatic carbocycles. The van der Waals surface area contributed by atoms with Gasteiger partial charge in [0.25, 0.3) is 5.22 Å². The van der Waals surface area contributed by atoms with Crippen LogP contribution >= 0.6 is 11.8 Å². The van der Waals surface area contributed by atoms with Gasteiger partial charge in [-0.3, -0.25) is 0 Å². The zero-order chi connectivity index (χ0) is 14.3. The van der Waals surface area contributed by atoms with Gasteiger partial charge in [-0.05, 0) is 13.8 Å². The minimum atomic E-state index is -2.29. The Morgan fingerprint density at radius 3 is 2.89 bits per heavy atom. The fourth-order valence-electron chi connectivity index (χ4n) is 0.923. The number of nitrogens with zero attached hydrogens (tertiary/aromatic N) is 2. The Balaban J connectivity index is 2.39. The van der Waals surface area contributed by atoms with Gasteiger partial charge >= 0.3 is 6.08 Å². The van der Waals surface area contributed by atoms with E-state index in [9.17, 15) is 13.2 Å². The molecule has 0 amide bonds. The number of aromatic nitrogens is 1. The number of rotatable bonds is 7. The predicted octanol–water partition coefficient (Wildman–Crippen LogP) is 3.99. The zero-order valence-corrected chi connectivity index (χ0v) is 11.2. The van der Waals surface area contributed by atoms with Crippen LogP contribution in [0, 0.1) is 0 Å². The van der Waals surface area contributed by atoms with Crippen molar-refractivity contribution in [2.45, 2.75) is 31.6 Å². The van der Waals surface area contributed by atoms with Crippen molar-refractivity contribution >= 4 is 18.0 Å². The van der Waals surface area contributed by atoms with Gasteiger partial charge in [0, 0.05) is 12.2 Å². The van der Waals surface area contributed by atoms with Gasteiger partial charge in [-0.15, -0.1) is 0 Å². The largest absolute Gasteiger partial charge is 0.430 e. The standard InChI is InChI=1S/C11H13F3N2O2S/c1-7(2)18-16-6-8-5-15-11(17-8)19-4-3-9(12)10(13)14/h5-7H,3-4H2,1-2H3/b16-6-. The lowest BCUT2D eigenvalue weighted by atomic mass is 10.4. The summed E-state index contributed by atoms with van der Waals surface area (Å²) in [5.41, 5.74) is 0. The summed E-state index contributed by atoms with van der Waals surface area (Å²) in [6.07, 6.45) is 0.0657. The third-order valence-corrected chi connectivity index (χ3v) is 2.55. The third-order valence-electron chi connectivity index (χ3n) is 1.71. The Labute approximate surface area is 112 Å². The van der Waals surface area contributed by atoms with Crippen LogP contribution in [0.3, 0.4) is 0 Å². The van der Waals surface area contributed by atoms with Crippen LogP contribution in [-0.2, 0) is 4.84 Å². The van der Waals surface area contributed by atoms with E-state index in [0.717, 1.165) is 11.8 Å². The second-order valence-electron chi connectivity index (χ2n) is 3.68. The first-order valence-electron chi connectivity index (χ1n) is 5.46. The lowest BCUT2D eigenvalue weighted by Gasteiger charge is -1.98. The molecule has 0 bridgehead atoms.